The van der Waals surface area contributed by atoms with E-state index in [0.29, 0.717) is 0 Å². The number of hydrogen-bond acceptors (Lipinski definition) is 3. The van der Waals surface area contributed by atoms with Gasteiger partial charge < -0.3 is 4.18 Å². The highest BCUT2D eigenvalue weighted by atomic mass is 79.9. The fourth-order valence-electron chi connectivity index (χ4n) is 0.634. The number of rotatable bonds is 2. The maximum absolute atomic E-state index is 10.4. The summed E-state index contributed by atoms with van der Waals surface area (Å²) in [6.45, 7) is 0. The molecule has 6 heteroatoms. The molecule has 1 rings (SSSR count). The molecule has 0 bridgehead atoms. The Labute approximate surface area is 83.1 Å². The molecule has 0 unspecified atom stereocenters. The second kappa shape index (κ2) is 3.64. The molecule has 0 aliphatic rings. The van der Waals surface area contributed by atoms with Crippen LogP contribution in [-0.2, 0) is 9.33 Å². The maximum atomic E-state index is 10.4. The van der Waals surface area contributed by atoms with Gasteiger partial charge in [0, 0.05) is 4.47 Å². The first-order valence-corrected chi connectivity index (χ1v) is 5.90. The van der Waals surface area contributed by atoms with E-state index in [9.17, 15) is 8.42 Å². The van der Waals surface area contributed by atoms with E-state index in [1.165, 1.54) is 12.1 Å². The van der Waals surface area contributed by atoms with Crippen LogP contribution in [0.4, 0.5) is 0 Å². The van der Waals surface area contributed by atoms with Crippen LogP contribution in [0.15, 0.2) is 28.7 Å². The lowest BCUT2D eigenvalue weighted by molar-refractivity contribution is 0.503. The molecule has 0 atom stereocenters. The zero-order valence-electron chi connectivity index (χ0n) is 5.70. The third-order valence-electron chi connectivity index (χ3n) is 0.992. The molecule has 0 N–H and O–H groups in total. The van der Waals surface area contributed by atoms with Gasteiger partial charge in [0.25, 0.3) is 0 Å². The van der Waals surface area contributed by atoms with Gasteiger partial charge in [0.05, 0.1) is 10.7 Å². The van der Waals surface area contributed by atoms with Crippen LogP contribution in [0.3, 0.4) is 0 Å². The average molecular weight is 272 g/mol. The summed E-state index contributed by atoms with van der Waals surface area (Å²) in [6.07, 6.45) is 0. The molecule has 0 radical (unpaired) electrons. The van der Waals surface area contributed by atoms with Crippen molar-refractivity contribution in [1.29, 1.82) is 0 Å². The van der Waals surface area contributed by atoms with Crippen LogP contribution in [-0.4, -0.2) is 8.42 Å². The molecule has 66 valence electrons. The van der Waals surface area contributed by atoms with Crippen molar-refractivity contribution < 1.29 is 12.6 Å². The molecule has 3 nitrogen and oxygen atoms in total. The van der Waals surface area contributed by atoms with Crippen LogP contribution in [0.1, 0.15) is 0 Å². The van der Waals surface area contributed by atoms with Crippen molar-refractivity contribution in [3.05, 3.63) is 28.7 Å². The molecule has 0 fully saturated rings. The van der Waals surface area contributed by atoms with E-state index in [-0.39, 0.29) is 5.75 Å². The summed E-state index contributed by atoms with van der Waals surface area (Å²) in [5, 5.41) is 0. The van der Waals surface area contributed by atoms with Crippen molar-refractivity contribution in [1.82, 2.24) is 0 Å². The van der Waals surface area contributed by atoms with Crippen LogP contribution in [0.2, 0.25) is 0 Å². The highest BCUT2D eigenvalue weighted by molar-refractivity contribution is 9.10. The highest BCUT2D eigenvalue weighted by Crippen LogP contribution is 2.19. The van der Waals surface area contributed by atoms with Crippen LogP contribution < -0.4 is 4.18 Å². The van der Waals surface area contributed by atoms with E-state index in [1.807, 2.05) is 0 Å². The number of hydrogen-bond donors (Lipinski definition) is 0. The van der Waals surface area contributed by atoms with Crippen molar-refractivity contribution in [2.45, 2.75) is 0 Å². The predicted molar refractivity (Wildman–Crippen MR) is 49.5 cm³/mol. The second-order valence-corrected chi connectivity index (χ2v) is 4.94. The Balaban J connectivity index is 2.91. The molecular weight excluding hydrogens is 267 g/mol. The molecule has 0 amide bonds. The monoisotopic (exact) mass is 270 g/mol. The standard InChI is InChI=1S/C6H4BrClO3S/c7-5-2-1-3-6(4-5)11-12(8,9)10/h1-4H. The summed E-state index contributed by atoms with van der Waals surface area (Å²) >= 11 is 3.15. The second-order valence-electron chi connectivity index (χ2n) is 1.93. The Hall–Kier alpha value is -0.260. The lowest BCUT2D eigenvalue weighted by Gasteiger charge is -1.99. The molecule has 0 spiro atoms. The zero-order valence-corrected chi connectivity index (χ0v) is 8.86. The maximum Gasteiger partial charge on any atom is 0.401 e. The van der Waals surface area contributed by atoms with Gasteiger partial charge in [-0.05, 0) is 18.2 Å². The molecule has 0 aromatic heterocycles. The lowest BCUT2D eigenvalue weighted by atomic mass is 10.3. The van der Waals surface area contributed by atoms with E-state index in [4.69, 9.17) is 10.7 Å². The first-order chi connectivity index (χ1) is 5.47. The van der Waals surface area contributed by atoms with Gasteiger partial charge in [0.15, 0.2) is 0 Å². The van der Waals surface area contributed by atoms with Gasteiger partial charge >= 0.3 is 9.33 Å². The summed E-state index contributed by atoms with van der Waals surface area (Å²) in [6, 6.07) is 6.37. The Morgan fingerprint density at radius 1 is 1.42 bits per heavy atom. The minimum atomic E-state index is -3.94. The third kappa shape index (κ3) is 3.42. The summed E-state index contributed by atoms with van der Waals surface area (Å²) < 4.78 is 26.0. The van der Waals surface area contributed by atoms with Gasteiger partial charge in [-0.15, -0.1) is 0 Å². The van der Waals surface area contributed by atoms with Gasteiger partial charge in [0.2, 0.25) is 0 Å². The molecule has 0 saturated carbocycles. The van der Waals surface area contributed by atoms with Crippen molar-refractivity contribution in [2.75, 3.05) is 0 Å². The van der Waals surface area contributed by atoms with Crippen LogP contribution in [0, 0.1) is 0 Å². The normalized spacial score (nSPS) is 11.2. The van der Waals surface area contributed by atoms with Crippen molar-refractivity contribution in [2.24, 2.45) is 0 Å². The molecule has 12 heavy (non-hydrogen) atoms. The van der Waals surface area contributed by atoms with Gasteiger partial charge in [-0.3, -0.25) is 0 Å². The Morgan fingerprint density at radius 2 is 2.08 bits per heavy atom. The molecule has 0 saturated heterocycles. The Kier molecular flexibility index (Phi) is 2.98. The summed E-state index contributed by atoms with van der Waals surface area (Å²) in [5.41, 5.74) is 0. The van der Waals surface area contributed by atoms with E-state index in [1.54, 1.807) is 12.1 Å². The molecule has 0 heterocycles. The third-order valence-corrected chi connectivity index (χ3v) is 2.07. The van der Waals surface area contributed by atoms with Crippen molar-refractivity contribution in [3.63, 3.8) is 0 Å². The molecule has 0 aliphatic carbocycles. The molecule has 0 aliphatic heterocycles. The van der Waals surface area contributed by atoms with Crippen LogP contribution in [0.25, 0.3) is 0 Å². The minimum Gasteiger partial charge on any atom is -0.371 e. The van der Waals surface area contributed by atoms with E-state index in [2.05, 4.69) is 20.1 Å². The van der Waals surface area contributed by atoms with E-state index < -0.39 is 9.33 Å². The molecule has 1 aromatic rings. The van der Waals surface area contributed by atoms with Crippen LogP contribution in [0.5, 0.6) is 5.75 Å². The summed E-state index contributed by atoms with van der Waals surface area (Å²) in [7, 11) is 0.912. The number of halogens is 2. The summed E-state index contributed by atoms with van der Waals surface area (Å²) in [4.78, 5) is 0. The minimum absolute atomic E-state index is 0.180. The SMILES string of the molecule is O=S(=O)(Cl)Oc1cccc(Br)c1. The fraction of sp³-hybridized carbons (Fsp3) is 0. The topological polar surface area (TPSA) is 43.4 Å². The lowest BCUT2D eigenvalue weighted by Crippen LogP contribution is -1.99. The first-order valence-electron chi connectivity index (χ1n) is 2.87. The smallest absolute Gasteiger partial charge is 0.371 e. The molecule has 1 aromatic carbocycles. The van der Waals surface area contributed by atoms with Gasteiger partial charge in [0.1, 0.15) is 5.75 Å². The first kappa shape index (κ1) is 9.83. The quantitative estimate of drug-likeness (QED) is 0.775. The highest BCUT2D eigenvalue weighted by Gasteiger charge is 2.06. The van der Waals surface area contributed by atoms with Gasteiger partial charge in [-0.2, -0.15) is 8.42 Å². The van der Waals surface area contributed by atoms with Crippen molar-refractivity contribution in [3.8, 4) is 5.75 Å². The largest absolute Gasteiger partial charge is 0.401 e. The predicted octanol–water partition coefficient (Wildman–Crippen LogP) is 2.31. The number of benzene rings is 1. The Bertz CT molecular complexity index is 376. The van der Waals surface area contributed by atoms with Gasteiger partial charge in [-0.1, -0.05) is 22.0 Å². The van der Waals surface area contributed by atoms with E-state index >= 15 is 0 Å². The molecular formula is C6H4BrClO3S. The zero-order chi connectivity index (χ0) is 9.19. The van der Waals surface area contributed by atoms with Crippen LogP contribution >= 0.6 is 26.6 Å². The fourth-order valence-corrected chi connectivity index (χ4v) is 1.56. The van der Waals surface area contributed by atoms with E-state index in [0.717, 1.165) is 4.47 Å². The van der Waals surface area contributed by atoms with Crippen molar-refractivity contribution >= 4 is 35.9 Å². The Morgan fingerprint density at radius 3 is 2.58 bits per heavy atom. The summed E-state index contributed by atoms with van der Waals surface area (Å²) in [5.74, 6) is 0.180. The van der Waals surface area contributed by atoms with Gasteiger partial charge in [-0.25, -0.2) is 0 Å². The average Bonchev–Trinajstić information content (AvgIpc) is 1.82.